The van der Waals surface area contributed by atoms with Gasteiger partial charge in [-0.05, 0) is 42.7 Å². The molecule has 0 fully saturated rings. The van der Waals surface area contributed by atoms with Gasteiger partial charge in [0, 0.05) is 23.1 Å². The summed E-state index contributed by atoms with van der Waals surface area (Å²) in [6.07, 6.45) is 7.87. The van der Waals surface area contributed by atoms with Crippen molar-refractivity contribution in [1.29, 1.82) is 0 Å². The summed E-state index contributed by atoms with van der Waals surface area (Å²) in [5.74, 6) is 1.24. The highest BCUT2D eigenvalue weighted by molar-refractivity contribution is 6.15. The molecule has 2 N–H and O–H groups in total. The molecule has 1 aliphatic heterocycles. The van der Waals surface area contributed by atoms with Gasteiger partial charge in [0.25, 0.3) is 5.91 Å². The molecule has 0 atom stereocenters. The molecule has 1 aliphatic carbocycles. The lowest BCUT2D eigenvalue weighted by Crippen LogP contribution is -2.18. The van der Waals surface area contributed by atoms with Crippen molar-refractivity contribution in [3.63, 3.8) is 0 Å². The van der Waals surface area contributed by atoms with Crippen molar-refractivity contribution >= 4 is 11.6 Å². The fourth-order valence-electron chi connectivity index (χ4n) is 3.56. The number of hydrogen-bond donors (Lipinski definition) is 2. The normalized spacial score (nSPS) is 15.1. The maximum absolute atomic E-state index is 11.6. The maximum atomic E-state index is 11.6. The Hall–Kier alpha value is -3.18. The van der Waals surface area contributed by atoms with Crippen LogP contribution in [0.2, 0.25) is 0 Å². The van der Waals surface area contributed by atoms with Crippen LogP contribution in [0.5, 0.6) is 5.75 Å². The Bertz CT molecular complexity index is 1000. The number of allylic oxidation sites excluding steroid dienone is 3. The molecule has 0 saturated heterocycles. The van der Waals surface area contributed by atoms with Crippen LogP contribution in [0.15, 0.2) is 71.1 Å². The van der Waals surface area contributed by atoms with Gasteiger partial charge in [-0.1, -0.05) is 43.7 Å². The van der Waals surface area contributed by atoms with Crippen LogP contribution in [0.1, 0.15) is 53.2 Å². The lowest BCUT2D eigenvalue weighted by atomic mass is 9.96. The Morgan fingerprint density at radius 3 is 2.79 bits per heavy atom. The highest BCUT2D eigenvalue weighted by Gasteiger charge is 2.23. The number of aliphatic imine (C=N–C) groups is 1. The van der Waals surface area contributed by atoms with Crippen LogP contribution in [0.3, 0.4) is 0 Å². The molecule has 0 radical (unpaired) electrons. The van der Waals surface area contributed by atoms with E-state index in [1.165, 1.54) is 5.56 Å². The molecule has 142 valence electrons. The molecule has 28 heavy (non-hydrogen) atoms. The van der Waals surface area contributed by atoms with E-state index in [1.807, 2.05) is 30.3 Å². The van der Waals surface area contributed by atoms with E-state index in [4.69, 9.17) is 14.9 Å². The van der Waals surface area contributed by atoms with Crippen molar-refractivity contribution in [2.24, 2.45) is 4.99 Å². The SMILES string of the molecule is CCCc1cccc2c1OC1=C(C=CCC1)N=C2c1ccc(C(=O)NO)cc1. The van der Waals surface area contributed by atoms with Gasteiger partial charge in [0.05, 0.1) is 5.71 Å². The molecule has 0 spiro atoms. The Morgan fingerprint density at radius 1 is 1.21 bits per heavy atom. The van der Waals surface area contributed by atoms with Crippen LogP contribution in [-0.2, 0) is 6.42 Å². The van der Waals surface area contributed by atoms with E-state index < -0.39 is 5.91 Å². The number of aryl methyl sites for hydroxylation is 1. The molecule has 1 amide bonds. The summed E-state index contributed by atoms with van der Waals surface area (Å²) in [5, 5.41) is 8.83. The average Bonchev–Trinajstić information content (AvgIpc) is 2.91. The summed E-state index contributed by atoms with van der Waals surface area (Å²) in [6, 6.07) is 13.2. The molecule has 2 aliphatic rings. The van der Waals surface area contributed by atoms with Crippen LogP contribution in [0.4, 0.5) is 0 Å². The minimum atomic E-state index is -0.538. The standard InChI is InChI=1S/C23H22N2O3/c1-2-6-16-7-5-8-18-21(15-11-13-17(14-12-15)23(26)25-27)24-19-9-3-4-10-20(19)28-22(16)18/h3,5,7-9,11-14,27H,2,4,6,10H2,1H3,(H,25,26). The molecule has 1 heterocycles. The van der Waals surface area contributed by atoms with E-state index >= 15 is 0 Å². The first kappa shape index (κ1) is 18.2. The minimum absolute atomic E-state index is 0.383. The van der Waals surface area contributed by atoms with Crippen LogP contribution in [-0.4, -0.2) is 16.8 Å². The summed E-state index contributed by atoms with van der Waals surface area (Å²) >= 11 is 0. The fraction of sp³-hybridized carbons (Fsp3) is 0.217. The van der Waals surface area contributed by atoms with Crippen molar-refractivity contribution in [3.8, 4) is 5.75 Å². The number of rotatable bonds is 4. The number of ether oxygens (including phenoxy) is 1. The second-order valence-electron chi connectivity index (χ2n) is 6.87. The van der Waals surface area contributed by atoms with E-state index in [2.05, 4.69) is 19.1 Å². The minimum Gasteiger partial charge on any atom is -0.458 e. The zero-order chi connectivity index (χ0) is 19.5. The van der Waals surface area contributed by atoms with Crippen LogP contribution < -0.4 is 10.2 Å². The molecule has 2 aromatic carbocycles. The number of hydrogen-bond acceptors (Lipinski definition) is 4. The smallest absolute Gasteiger partial charge is 0.274 e. The van der Waals surface area contributed by atoms with Crippen LogP contribution in [0.25, 0.3) is 0 Å². The quantitative estimate of drug-likeness (QED) is 0.609. The first-order valence-corrected chi connectivity index (χ1v) is 9.54. The molecular weight excluding hydrogens is 352 g/mol. The molecule has 0 saturated carbocycles. The third kappa shape index (κ3) is 3.37. The second-order valence-corrected chi connectivity index (χ2v) is 6.87. The van der Waals surface area contributed by atoms with E-state index in [0.717, 1.165) is 59.7 Å². The van der Waals surface area contributed by atoms with Crippen molar-refractivity contribution in [1.82, 2.24) is 5.48 Å². The molecule has 2 aromatic rings. The number of amides is 1. The number of fused-ring (bicyclic) bond motifs is 1. The monoisotopic (exact) mass is 374 g/mol. The number of para-hydroxylation sites is 1. The number of carbonyl (C=O) groups excluding carboxylic acids is 1. The van der Waals surface area contributed by atoms with Gasteiger partial charge in [0.1, 0.15) is 17.2 Å². The van der Waals surface area contributed by atoms with Crippen LogP contribution in [0, 0.1) is 0 Å². The summed E-state index contributed by atoms with van der Waals surface area (Å²) in [7, 11) is 0. The third-order valence-corrected chi connectivity index (χ3v) is 4.95. The zero-order valence-electron chi connectivity index (χ0n) is 15.7. The molecule has 0 aromatic heterocycles. The van der Waals surface area contributed by atoms with Crippen molar-refractivity contribution in [2.75, 3.05) is 0 Å². The maximum Gasteiger partial charge on any atom is 0.274 e. The number of carbonyl (C=O) groups is 1. The Morgan fingerprint density at radius 2 is 2.04 bits per heavy atom. The Balaban J connectivity index is 1.86. The Labute approximate surface area is 164 Å². The average molecular weight is 374 g/mol. The van der Waals surface area contributed by atoms with Gasteiger partial charge >= 0.3 is 0 Å². The highest BCUT2D eigenvalue weighted by Crippen LogP contribution is 2.36. The van der Waals surface area contributed by atoms with Gasteiger partial charge in [-0.2, -0.15) is 0 Å². The van der Waals surface area contributed by atoms with Crippen molar-refractivity contribution < 1.29 is 14.7 Å². The van der Waals surface area contributed by atoms with E-state index in [0.29, 0.717) is 5.56 Å². The van der Waals surface area contributed by atoms with E-state index in [9.17, 15) is 4.79 Å². The predicted octanol–water partition coefficient (Wildman–Crippen LogP) is 4.55. The van der Waals surface area contributed by atoms with Gasteiger partial charge < -0.3 is 4.74 Å². The lowest BCUT2D eigenvalue weighted by Gasteiger charge is -2.17. The summed E-state index contributed by atoms with van der Waals surface area (Å²) < 4.78 is 6.39. The molecule has 4 rings (SSSR count). The fourth-order valence-corrected chi connectivity index (χ4v) is 3.56. The first-order chi connectivity index (χ1) is 13.7. The molecule has 0 bridgehead atoms. The zero-order valence-corrected chi connectivity index (χ0v) is 15.7. The second kappa shape index (κ2) is 7.82. The summed E-state index contributed by atoms with van der Waals surface area (Å²) in [5.41, 5.74) is 6.72. The number of nitrogens with one attached hydrogen (secondary N) is 1. The number of benzene rings is 2. The van der Waals surface area contributed by atoms with Crippen molar-refractivity contribution in [3.05, 3.63) is 88.3 Å². The lowest BCUT2D eigenvalue weighted by molar-refractivity contribution is 0.0706. The largest absolute Gasteiger partial charge is 0.458 e. The molecule has 5 nitrogen and oxygen atoms in total. The van der Waals surface area contributed by atoms with Gasteiger partial charge in [-0.25, -0.2) is 10.5 Å². The molecular formula is C23H22N2O3. The third-order valence-electron chi connectivity index (χ3n) is 4.95. The molecule has 0 unspecified atom stereocenters. The Kier molecular flexibility index (Phi) is 5.08. The number of hydroxylamine groups is 1. The van der Waals surface area contributed by atoms with Gasteiger partial charge in [-0.15, -0.1) is 0 Å². The van der Waals surface area contributed by atoms with Gasteiger partial charge in [0.2, 0.25) is 0 Å². The van der Waals surface area contributed by atoms with E-state index in [1.54, 1.807) is 17.6 Å². The van der Waals surface area contributed by atoms with Gasteiger partial charge in [-0.3, -0.25) is 10.0 Å². The van der Waals surface area contributed by atoms with E-state index in [-0.39, 0.29) is 0 Å². The first-order valence-electron chi connectivity index (χ1n) is 9.54. The number of nitrogens with zero attached hydrogens (tertiary/aromatic N) is 1. The topological polar surface area (TPSA) is 70.9 Å². The summed E-state index contributed by atoms with van der Waals surface area (Å²) in [4.78, 5) is 16.6. The van der Waals surface area contributed by atoms with Gasteiger partial charge in [0.15, 0.2) is 0 Å². The summed E-state index contributed by atoms with van der Waals surface area (Å²) in [6.45, 7) is 2.16. The van der Waals surface area contributed by atoms with Crippen molar-refractivity contribution in [2.45, 2.75) is 32.6 Å². The highest BCUT2D eigenvalue weighted by atomic mass is 16.5. The predicted molar refractivity (Wildman–Crippen MR) is 108 cm³/mol. The van der Waals surface area contributed by atoms with Crippen LogP contribution >= 0.6 is 0 Å². The molecule has 5 heteroatoms.